The SMILES string of the molecule is CCC1(CNCc2c(F)cccc2F)CC1.Cl. The lowest BCUT2D eigenvalue weighted by Crippen LogP contribution is -2.24. The fourth-order valence-electron chi connectivity index (χ4n) is 1.99. The van der Waals surface area contributed by atoms with Gasteiger partial charge in [0.05, 0.1) is 0 Å². The molecular formula is C13H18ClF2N. The zero-order valence-electron chi connectivity index (χ0n) is 9.93. The van der Waals surface area contributed by atoms with Crippen molar-refractivity contribution in [3.8, 4) is 0 Å². The molecule has 1 aliphatic rings. The van der Waals surface area contributed by atoms with Gasteiger partial charge < -0.3 is 5.32 Å². The van der Waals surface area contributed by atoms with Crippen molar-refractivity contribution in [2.75, 3.05) is 6.54 Å². The monoisotopic (exact) mass is 261 g/mol. The van der Waals surface area contributed by atoms with Crippen LogP contribution in [0.2, 0.25) is 0 Å². The highest BCUT2D eigenvalue weighted by Crippen LogP contribution is 2.47. The van der Waals surface area contributed by atoms with E-state index < -0.39 is 11.6 Å². The van der Waals surface area contributed by atoms with Crippen molar-refractivity contribution in [2.24, 2.45) is 5.41 Å². The van der Waals surface area contributed by atoms with Gasteiger partial charge in [-0.3, -0.25) is 0 Å². The molecule has 1 aromatic rings. The van der Waals surface area contributed by atoms with Crippen molar-refractivity contribution in [3.63, 3.8) is 0 Å². The first-order valence-corrected chi connectivity index (χ1v) is 5.80. The normalized spacial score (nSPS) is 16.4. The lowest BCUT2D eigenvalue weighted by Gasteiger charge is -2.13. The van der Waals surface area contributed by atoms with E-state index in [1.54, 1.807) is 0 Å². The van der Waals surface area contributed by atoms with E-state index >= 15 is 0 Å². The van der Waals surface area contributed by atoms with Gasteiger partial charge in [-0.1, -0.05) is 13.0 Å². The van der Waals surface area contributed by atoms with Crippen LogP contribution in [0, 0.1) is 17.0 Å². The largest absolute Gasteiger partial charge is 0.312 e. The van der Waals surface area contributed by atoms with Gasteiger partial charge in [-0.05, 0) is 36.8 Å². The second kappa shape index (κ2) is 5.78. The lowest BCUT2D eigenvalue weighted by atomic mass is 10.0. The van der Waals surface area contributed by atoms with Crippen LogP contribution in [-0.4, -0.2) is 6.54 Å². The summed E-state index contributed by atoms with van der Waals surface area (Å²) in [6.45, 7) is 3.30. The van der Waals surface area contributed by atoms with Crippen molar-refractivity contribution >= 4 is 12.4 Å². The van der Waals surface area contributed by atoms with Crippen molar-refractivity contribution in [2.45, 2.75) is 32.7 Å². The molecule has 1 saturated carbocycles. The number of nitrogens with one attached hydrogen (secondary N) is 1. The molecule has 0 saturated heterocycles. The van der Waals surface area contributed by atoms with Gasteiger partial charge in [0.1, 0.15) is 11.6 Å². The Labute approximate surface area is 107 Å². The first kappa shape index (κ1) is 14.4. The molecule has 0 radical (unpaired) electrons. The molecular weight excluding hydrogens is 244 g/mol. The van der Waals surface area contributed by atoms with E-state index in [-0.39, 0.29) is 24.5 Å². The molecule has 0 unspecified atom stereocenters. The zero-order valence-corrected chi connectivity index (χ0v) is 10.7. The Balaban J connectivity index is 0.00000144. The molecule has 0 amide bonds. The third-order valence-electron chi connectivity index (χ3n) is 3.57. The summed E-state index contributed by atoms with van der Waals surface area (Å²) in [7, 11) is 0. The standard InChI is InChI=1S/C13H17F2N.ClH/c1-2-13(6-7-13)9-16-8-10-11(14)4-3-5-12(10)15;/h3-5,16H,2,6-9H2,1H3;1H. The van der Waals surface area contributed by atoms with Gasteiger partial charge in [-0.15, -0.1) is 12.4 Å². The van der Waals surface area contributed by atoms with E-state index in [2.05, 4.69) is 12.2 Å². The molecule has 0 spiro atoms. The van der Waals surface area contributed by atoms with Crippen LogP contribution in [0.25, 0.3) is 0 Å². The average molecular weight is 262 g/mol. The predicted molar refractivity (Wildman–Crippen MR) is 67.3 cm³/mol. The fourth-order valence-corrected chi connectivity index (χ4v) is 1.99. The summed E-state index contributed by atoms with van der Waals surface area (Å²) in [5, 5.41) is 3.16. The Morgan fingerprint density at radius 2 is 1.82 bits per heavy atom. The van der Waals surface area contributed by atoms with Gasteiger partial charge in [0.2, 0.25) is 0 Å². The zero-order chi connectivity index (χ0) is 11.6. The van der Waals surface area contributed by atoms with E-state index in [0.717, 1.165) is 13.0 Å². The Hall–Kier alpha value is -0.670. The van der Waals surface area contributed by atoms with Gasteiger partial charge in [-0.2, -0.15) is 0 Å². The molecule has 0 heterocycles. The second-order valence-electron chi connectivity index (χ2n) is 4.66. The minimum Gasteiger partial charge on any atom is -0.312 e. The molecule has 0 aromatic heterocycles. The summed E-state index contributed by atoms with van der Waals surface area (Å²) in [4.78, 5) is 0. The summed E-state index contributed by atoms with van der Waals surface area (Å²) < 4.78 is 26.6. The first-order chi connectivity index (χ1) is 7.67. The van der Waals surface area contributed by atoms with Crippen molar-refractivity contribution in [3.05, 3.63) is 35.4 Å². The Bertz CT molecular complexity index is 357. The number of hydrogen-bond donors (Lipinski definition) is 1. The number of halogens is 3. The summed E-state index contributed by atoms with van der Waals surface area (Å²) in [6, 6.07) is 3.99. The molecule has 0 atom stereocenters. The van der Waals surface area contributed by atoms with Crippen LogP contribution in [0.5, 0.6) is 0 Å². The first-order valence-electron chi connectivity index (χ1n) is 5.80. The maximum atomic E-state index is 13.3. The van der Waals surface area contributed by atoms with Crippen molar-refractivity contribution in [1.82, 2.24) is 5.32 Å². The van der Waals surface area contributed by atoms with E-state index in [1.165, 1.54) is 31.0 Å². The van der Waals surface area contributed by atoms with E-state index in [0.29, 0.717) is 5.41 Å². The summed E-state index contributed by atoms with van der Waals surface area (Å²) in [6.07, 6.45) is 3.60. The van der Waals surface area contributed by atoms with Gasteiger partial charge in [0, 0.05) is 18.7 Å². The molecule has 1 N–H and O–H groups in total. The highest BCUT2D eigenvalue weighted by atomic mass is 35.5. The van der Waals surface area contributed by atoms with Crippen LogP contribution in [-0.2, 0) is 6.54 Å². The van der Waals surface area contributed by atoms with Crippen LogP contribution in [0.3, 0.4) is 0 Å². The third kappa shape index (κ3) is 3.39. The summed E-state index contributed by atoms with van der Waals surface area (Å²) in [5.41, 5.74) is 0.552. The Kier molecular flexibility index (Phi) is 4.90. The molecule has 1 aromatic carbocycles. The lowest BCUT2D eigenvalue weighted by molar-refractivity contribution is 0.434. The molecule has 17 heavy (non-hydrogen) atoms. The molecule has 1 aliphatic carbocycles. The van der Waals surface area contributed by atoms with Gasteiger partial charge in [0.25, 0.3) is 0 Å². The van der Waals surface area contributed by atoms with Crippen LogP contribution >= 0.6 is 12.4 Å². The summed E-state index contributed by atoms with van der Waals surface area (Å²) >= 11 is 0. The minimum atomic E-state index is -0.464. The maximum Gasteiger partial charge on any atom is 0.130 e. The van der Waals surface area contributed by atoms with Gasteiger partial charge >= 0.3 is 0 Å². The molecule has 0 aliphatic heterocycles. The smallest absolute Gasteiger partial charge is 0.130 e. The number of hydrogen-bond acceptors (Lipinski definition) is 1. The fraction of sp³-hybridized carbons (Fsp3) is 0.538. The average Bonchev–Trinajstić information content (AvgIpc) is 3.03. The third-order valence-corrected chi connectivity index (χ3v) is 3.57. The van der Waals surface area contributed by atoms with Crippen LogP contribution in [0.15, 0.2) is 18.2 Å². The highest BCUT2D eigenvalue weighted by Gasteiger charge is 2.39. The van der Waals surface area contributed by atoms with E-state index in [1.807, 2.05) is 0 Å². The van der Waals surface area contributed by atoms with E-state index in [4.69, 9.17) is 0 Å². The van der Waals surface area contributed by atoms with Crippen LogP contribution < -0.4 is 5.32 Å². The quantitative estimate of drug-likeness (QED) is 0.853. The molecule has 2 rings (SSSR count). The summed E-state index contributed by atoms with van der Waals surface area (Å²) in [5.74, 6) is -0.928. The second-order valence-corrected chi connectivity index (χ2v) is 4.66. The molecule has 96 valence electrons. The van der Waals surface area contributed by atoms with E-state index in [9.17, 15) is 8.78 Å². The Morgan fingerprint density at radius 3 is 2.29 bits per heavy atom. The molecule has 1 nitrogen and oxygen atoms in total. The molecule has 0 bridgehead atoms. The maximum absolute atomic E-state index is 13.3. The van der Waals surface area contributed by atoms with Gasteiger partial charge in [-0.25, -0.2) is 8.78 Å². The predicted octanol–water partition coefficient (Wildman–Crippen LogP) is 3.67. The highest BCUT2D eigenvalue weighted by molar-refractivity contribution is 5.85. The topological polar surface area (TPSA) is 12.0 Å². The van der Waals surface area contributed by atoms with Crippen molar-refractivity contribution < 1.29 is 8.78 Å². The molecule has 1 fully saturated rings. The molecule has 4 heteroatoms. The number of rotatable bonds is 5. The van der Waals surface area contributed by atoms with Crippen molar-refractivity contribution in [1.29, 1.82) is 0 Å². The Morgan fingerprint density at radius 1 is 1.24 bits per heavy atom. The van der Waals surface area contributed by atoms with Gasteiger partial charge in [0.15, 0.2) is 0 Å². The number of benzene rings is 1. The minimum absolute atomic E-state index is 0. The van der Waals surface area contributed by atoms with Crippen LogP contribution in [0.1, 0.15) is 31.7 Å². The van der Waals surface area contributed by atoms with Crippen LogP contribution in [0.4, 0.5) is 8.78 Å².